The van der Waals surface area contributed by atoms with E-state index >= 15 is 0 Å². The number of amides is 3. The molecule has 2 saturated heterocycles. The van der Waals surface area contributed by atoms with Gasteiger partial charge >= 0.3 is 0 Å². The van der Waals surface area contributed by atoms with Crippen molar-refractivity contribution in [2.75, 3.05) is 24.6 Å². The molecule has 38 heavy (non-hydrogen) atoms. The van der Waals surface area contributed by atoms with E-state index in [1.54, 1.807) is 21.6 Å². The molecule has 1 N–H and O–H groups in total. The molecule has 8 heteroatoms. The first kappa shape index (κ1) is 27.0. The van der Waals surface area contributed by atoms with Crippen LogP contribution in [-0.2, 0) is 14.4 Å². The van der Waals surface area contributed by atoms with Gasteiger partial charge in [-0.15, -0.1) is 11.8 Å². The van der Waals surface area contributed by atoms with Crippen molar-refractivity contribution in [3.63, 3.8) is 0 Å². The number of benzene rings is 1. The molecule has 1 spiro atoms. The van der Waals surface area contributed by atoms with Gasteiger partial charge in [-0.1, -0.05) is 56.4 Å². The normalized spacial score (nSPS) is 33.5. The van der Waals surface area contributed by atoms with E-state index < -0.39 is 33.4 Å². The number of likely N-dealkylation sites (tertiary alicyclic amines) is 1. The van der Waals surface area contributed by atoms with Crippen LogP contribution in [0, 0.1) is 17.8 Å². The summed E-state index contributed by atoms with van der Waals surface area (Å²) >= 11 is 1.59. The molecule has 4 aliphatic heterocycles. The van der Waals surface area contributed by atoms with Crippen molar-refractivity contribution in [1.29, 1.82) is 0 Å². The van der Waals surface area contributed by atoms with Crippen molar-refractivity contribution in [1.82, 2.24) is 9.80 Å². The molecule has 5 rings (SSSR count). The highest BCUT2D eigenvalue weighted by Gasteiger charge is 2.74. The van der Waals surface area contributed by atoms with Crippen LogP contribution >= 0.6 is 11.8 Å². The van der Waals surface area contributed by atoms with Crippen molar-refractivity contribution in [3.8, 4) is 0 Å². The molecule has 0 aliphatic carbocycles. The van der Waals surface area contributed by atoms with Gasteiger partial charge in [0.05, 0.1) is 29.2 Å². The summed E-state index contributed by atoms with van der Waals surface area (Å²) in [6, 6.07) is 8.25. The minimum atomic E-state index is -0.901. The SMILES string of the molecule is CC(C)C[C@H](CO)N1C(=O)[C@@H]2[C@H]3C(=O)N(c4ccccc4)CC=C[C@@]3(C)S[C@@]23C=CCN(C(C)C)C(=O)C13. The van der Waals surface area contributed by atoms with Crippen LogP contribution in [-0.4, -0.2) is 79.9 Å². The molecule has 4 heterocycles. The fourth-order valence-electron chi connectivity index (χ4n) is 7.00. The average Bonchev–Trinajstić information content (AvgIpc) is 3.14. The molecule has 6 atom stereocenters. The van der Waals surface area contributed by atoms with E-state index in [-0.39, 0.29) is 36.3 Å². The first-order chi connectivity index (χ1) is 18.1. The first-order valence-corrected chi connectivity index (χ1v) is 14.5. The molecule has 0 aromatic heterocycles. The van der Waals surface area contributed by atoms with E-state index in [1.165, 1.54) is 0 Å². The quantitative estimate of drug-likeness (QED) is 0.562. The number of aliphatic hydroxyl groups is 1. The molecule has 1 aromatic rings. The maximum absolute atomic E-state index is 14.6. The molecular weight excluding hydrogens is 498 g/mol. The largest absolute Gasteiger partial charge is 0.394 e. The molecular formula is C30H39N3O4S. The molecule has 204 valence electrons. The molecule has 0 saturated carbocycles. The standard InChI is InChI=1S/C30H39N3O4S/c1-19(2)17-22(18-34)33-25-28(37)31(20(3)4)15-10-14-30(25)24(27(33)36)23-26(35)32(21-11-7-6-8-12-21)16-9-13-29(23,5)38-30/h6-14,19-20,22-25,34H,15-18H2,1-5H3/t22-,23+,24+,25?,29-,30+/m1/s1. The molecule has 1 unspecified atom stereocenters. The van der Waals surface area contributed by atoms with Gasteiger partial charge in [0.2, 0.25) is 17.7 Å². The Balaban J connectivity index is 1.67. The van der Waals surface area contributed by atoms with Crippen molar-refractivity contribution in [2.24, 2.45) is 17.8 Å². The Morgan fingerprint density at radius 3 is 2.26 bits per heavy atom. The number of fused-ring (bicyclic) bond motifs is 2. The van der Waals surface area contributed by atoms with Gasteiger partial charge in [0.25, 0.3) is 0 Å². The number of nitrogens with zero attached hydrogens (tertiary/aromatic N) is 3. The second kappa shape index (κ2) is 9.87. The summed E-state index contributed by atoms with van der Waals surface area (Å²) in [5.74, 6) is -1.53. The molecule has 0 radical (unpaired) electrons. The minimum Gasteiger partial charge on any atom is -0.394 e. The highest BCUT2D eigenvalue weighted by molar-refractivity contribution is 8.02. The van der Waals surface area contributed by atoms with Crippen molar-refractivity contribution in [3.05, 3.63) is 54.6 Å². The lowest BCUT2D eigenvalue weighted by Crippen LogP contribution is -2.57. The van der Waals surface area contributed by atoms with Crippen LogP contribution in [0.15, 0.2) is 54.6 Å². The highest BCUT2D eigenvalue weighted by Crippen LogP contribution is 2.66. The van der Waals surface area contributed by atoms with Crippen LogP contribution < -0.4 is 4.90 Å². The molecule has 4 aliphatic rings. The molecule has 3 amide bonds. The first-order valence-electron chi connectivity index (χ1n) is 13.7. The van der Waals surface area contributed by atoms with Gasteiger partial charge in [-0.05, 0) is 45.2 Å². The Hall–Kier alpha value is -2.58. The molecule has 7 nitrogen and oxygen atoms in total. The summed E-state index contributed by atoms with van der Waals surface area (Å²) in [4.78, 5) is 48.5. The fourth-order valence-corrected chi connectivity index (χ4v) is 9.14. The van der Waals surface area contributed by atoms with Gasteiger partial charge in [-0.2, -0.15) is 0 Å². The van der Waals surface area contributed by atoms with E-state index in [0.29, 0.717) is 19.5 Å². The molecule has 0 bridgehead atoms. The smallest absolute Gasteiger partial charge is 0.247 e. The zero-order valence-electron chi connectivity index (χ0n) is 22.9. The zero-order valence-corrected chi connectivity index (χ0v) is 23.7. The van der Waals surface area contributed by atoms with Crippen LogP contribution in [0.25, 0.3) is 0 Å². The van der Waals surface area contributed by atoms with Crippen molar-refractivity contribution in [2.45, 2.75) is 68.7 Å². The number of hydrogen-bond donors (Lipinski definition) is 1. The number of rotatable bonds is 6. The molecule has 1 aromatic carbocycles. The van der Waals surface area contributed by atoms with E-state index in [4.69, 9.17) is 0 Å². The summed E-state index contributed by atoms with van der Waals surface area (Å²) in [6.45, 7) is 10.8. The van der Waals surface area contributed by atoms with Gasteiger partial charge in [0.1, 0.15) is 6.04 Å². The summed E-state index contributed by atoms with van der Waals surface area (Å²) < 4.78 is -1.56. The number of thioether (sulfide) groups is 1. The van der Waals surface area contributed by atoms with Gasteiger partial charge < -0.3 is 19.8 Å². The summed E-state index contributed by atoms with van der Waals surface area (Å²) in [7, 11) is 0. The summed E-state index contributed by atoms with van der Waals surface area (Å²) in [5.41, 5.74) is 0.794. The Kier molecular flexibility index (Phi) is 7.01. The predicted molar refractivity (Wildman–Crippen MR) is 151 cm³/mol. The third-order valence-corrected chi connectivity index (χ3v) is 10.4. The Labute approximate surface area is 229 Å². The Bertz CT molecular complexity index is 1170. The van der Waals surface area contributed by atoms with Crippen LogP contribution in [0.4, 0.5) is 5.69 Å². The minimum absolute atomic E-state index is 0.0430. The number of carbonyl (C=O) groups is 3. The third-order valence-electron chi connectivity index (χ3n) is 8.56. The summed E-state index contributed by atoms with van der Waals surface area (Å²) in [5, 5.41) is 10.5. The Morgan fingerprint density at radius 2 is 1.63 bits per heavy atom. The van der Waals surface area contributed by atoms with E-state index in [1.807, 2.05) is 74.2 Å². The van der Waals surface area contributed by atoms with Crippen LogP contribution in [0.2, 0.25) is 0 Å². The van der Waals surface area contributed by atoms with Crippen molar-refractivity contribution < 1.29 is 19.5 Å². The van der Waals surface area contributed by atoms with Gasteiger partial charge in [0.15, 0.2) is 0 Å². The second-order valence-corrected chi connectivity index (χ2v) is 13.7. The van der Waals surface area contributed by atoms with Crippen molar-refractivity contribution >= 4 is 35.2 Å². The van der Waals surface area contributed by atoms with E-state index in [0.717, 1.165) is 5.69 Å². The number of para-hydroxylation sites is 1. The monoisotopic (exact) mass is 537 g/mol. The lowest BCUT2D eigenvalue weighted by atomic mass is 9.74. The van der Waals surface area contributed by atoms with Crippen LogP contribution in [0.3, 0.4) is 0 Å². The second-order valence-electron chi connectivity index (χ2n) is 11.9. The fraction of sp³-hybridized carbons (Fsp3) is 0.567. The van der Waals surface area contributed by atoms with Crippen LogP contribution in [0.5, 0.6) is 0 Å². The maximum Gasteiger partial charge on any atom is 0.247 e. The van der Waals surface area contributed by atoms with Crippen LogP contribution in [0.1, 0.15) is 41.0 Å². The lowest BCUT2D eigenvalue weighted by Gasteiger charge is -2.40. The topological polar surface area (TPSA) is 81.2 Å². The van der Waals surface area contributed by atoms with Gasteiger partial charge in [-0.3, -0.25) is 14.4 Å². The number of hydrogen-bond acceptors (Lipinski definition) is 5. The van der Waals surface area contributed by atoms with Gasteiger partial charge in [0, 0.05) is 29.6 Å². The number of anilines is 1. The number of carbonyl (C=O) groups excluding carboxylic acids is 3. The average molecular weight is 538 g/mol. The van der Waals surface area contributed by atoms with Gasteiger partial charge in [-0.25, -0.2) is 0 Å². The Morgan fingerprint density at radius 1 is 0.947 bits per heavy atom. The maximum atomic E-state index is 14.6. The number of aliphatic hydroxyl groups excluding tert-OH is 1. The summed E-state index contributed by atoms with van der Waals surface area (Å²) in [6.07, 6.45) is 8.72. The zero-order chi connectivity index (χ0) is 27.4. The molecule has 2 fully saturated rings. The lowest BCUT2D eigenvalue weighted by molar-refractivity contribution is -0.146. The predicted octanol–water partition coefficient (Wildman–Crippen LogP) is 3.49. The van der Waals surface area contributed by atoms with E-state index in [9.17, 15) is 19.5 Å². The van der Waals surface area contributed by atoms with E-state index in [2.05, 4.69) is 19.9 Å². The highest BCUT2D eigenvalue weighted by atomic mass is 32.2. The third kappa shape index (κ3) is 4.02.